The normalized spacial score (nSPS) is 12.8. The lowest BCUT2D eigenvalue weighted by atomic mass is 10.1. The van der Waals surface area contributed by atoms with Gasteiger partial charge < -0.3 is 15.4 Å². The van der Waals surface area contributed by atoms with Crippen LogP contribution in [0.5, 0.6) is 5.75 Å². The topological polar surface area (TPSA) is 38.5 Å². The monoisotopic (exact) mass is 314 g/mol. The van der Waals surface area contributed by atoms with E-state index >= 15 is 0 Å². The Bertz CT molecular complexity index is 367. The maximum atomic E-state index is 5.75. The quantitative estimate of drug-likeness (QED) is 0.841. The van der Waals surface area contributed by atoms with E-state index in [1.165, 1.54) is 5.56 Å². The third kappa shape index (κ3) is 4.59. The molecule has 1 aromatic carbocycles. The van der Waals surface area contributed by atoms with Gasteiger partial charge in [-0.25, -0.2) is 0 Å². The van der Waals surface area contributed by atoms with E-state index in [2.05, 4.69) is 40.9 Å². The van der Waals surface area contributed by atoms with Crippen molar-refractivity contribution in [1.82, 2.24) is 4.90 Å². The highest BCUT2D eigenvalue weighted by Gasteiger charge is 2.11. The van der Waals surface area contributed by atoms with Gasteiger partial charge in [0.25, 0.3) is 0 Å². The fraction of sp³-hybridized carbons (Fsp3) is 0.571. The average Bonchev–Trinajstić information content (AvgIpc) is 2.36. The maximum Gasteiger partial charge on any atom is 0.123 e. The molecule has 3 nitrogen and oxygen atoms in total. The number of benzene rings is 1. The van der Waals surface area contributed by atoms with Crippen LogP contribution in [0.1, 0.15) is 18.9 Å². The summed E-state index contributed by atoms with van der Waals surface area (Å²) in [6.45, 7) is 4.82. The van der Waals surface area contributed by atoms with Crippen LogP contribution in [0.2, 0.25) is 0 Å². The first kappa shape index (κ1) is 15.5. The van der Waals surface area contributed by atoms with E-state index in [1.807, 2.05) is 12.1 Å². The Morgan fingerprint density at radius 1 is 1.44 bits per heavy atom. The number of nitrogens with two attached hydrogens (primary N) is 1. The second-order valence-corrected chi connectivity index (χ2v) is 5.58. The molecule has 0 aromatic heterocycles. The van der Waals surface area contributed by atoms with Crippen molar-refractivity contribution in [1.29, 1.82) is 0 Å². The summed E-state index contributed by atoms with van der Waals surface area (Å²) in [7, 11) is 3.83. The summed E-state index contributed by atoms with van der Waals surface area (Å²) in [5.41, 5.74) is 6.94. The highest BCUT2D eigenvalue weighted by Crippen LogP contribution is 2.24. The smallest absolute Gasteiger partial charge is 0.123 e. The second-order valence-electron chi connectivity index (χ2n) is 4.66. The Kier molecular flexibility index (Phi) is 6.68. The zero-order chi connectivity index (χ0) is 13.5. The minimum atomic E-state index is 0.563. The van der Waals surface area contributed by atoms with Gasteiger partial charge >= 0.3 is 0 Å². The molecular weight excluding hydrogens is 292 g/mol. The third-order valence-electron chi connectivity index (χ3n) is 3.16. The zero-order valence-electron chi connectivity index (χ0n) is 11.4. The van der Waals surface area contributed by atoms with Gasteiger partial charge in [-0.15, -0.1) is 0 Å². The lowest BCUT2D eigenvalue weighted by molar-refractivity contribution is 0.264. The Morgan fingerprint density at radius 2 is 2.17 bits per heavy atom. The summed E-state index contributed by atoms with van der Waals surface area (Å²) in [5.74, 6) is 1.50. The van der Waals surface area contributed by atoms with Crippen LogP contribution >= 0.6 is 15.9 Å². The van der Waals surface area contributed by atoms with Crippen molar-refractivity contribution >= 4 is 15.9 Å². The van der Waals surface area contributed by atoms with E-state index in [9.17, 15) is 0 Å². The van der Waals surface area contributed by atoms with Crippen LogP contribution in [-0.4, -0.2) is 32.1 Å². The molecule has 1 aromatic rings. The number of methoxy groups -OCH3 is 1. The number of ether oxygens (including phenoxy) is 1. The SMILES string of the molecule is CCC(CN)CN(C)Cc1cc(Br)ccc1OC. The molecule has 0 spiro atoms. The van der Waals surface area contributed by atoms with Gasteiger partial charge in [-0.3, -0.25) is 0 Å². The number of hydrogen-bond acceptors (Lipinski definition) is 3. The molecule has 0 bridgehead atoms. The predicted octanol–water partition coefficient (Wildman–Crippen LogP) is 2.87. The first-order valence-corrected chi connectivity index (χ1v) is 7.11. The van der Waals surface area contributed by atoms with Crippen LogP contribution in [0.25, 0.3) is 0 Å². The molecule has 0 saturated carbocycles. The van der Waals surface area contributed by atoms with E-state index < -0.39 is 0 Å². The highest BCUT2D eigenvalue weighted by molar-refractivity contribution is 9.10. The molecule has 0 fully saturated rings. The Labute approximate surface area is 118 Å². The third-order valence-corrected chi connectivity index (χ3v) is 3.66. The van der Waals surface area contributed by atoms with Crippen molar-refractivity contribution in [2.24, 2.45) is 11.7 Å². The van der Waals surface area contributed by atoms with Gasteiger partial charge in [0.2, 0.25) is 0 Å². The summed E-state index contributed by atoms with van der Waals surface area (Å²) < 4.78 is 6.47. The van der Waals surface area contributed by atoms with Crippen LogP contribution < -0.4 is 10.5 Å². The van der Waals surface area contributed by atoms with Gasteiger partial charge in [0.05, 0.1) is 7.11 Å². The number of rotatable bonds is 7. The molecule has 0 heterocycles. The lowest BCUT2D eigenvalue weighted by Gasteiger charge is -2.23. The first-order chi connectivity index (χ1) is 8.60. The lowest BCUT2D eigenvalue weighted by Crippen LogP contribution is -2.29. The first-order valence-electron chi connectivity index (χ1n) is 6.31. The highest BCUT2D eigenvalue weighted by atomic mass is 79.9. The van der Waals surface area contributed by atoms with Crippen molar-refractivity contribution in [3.63, 3.8) is 0 Å². The molecule has 1 unspecified atom stereocenters. The minimum Gasteiger partial charge on any atom is -0.496 e. The number of halogens is 1. The molecule has 0 aliphatic heterocycles. The molecule has 1 atom stereocenters. The van der Waals surface area contributed by atoms with Crippen molar-refractivity contribution < 1.29 is 4.74 Å². The molecule has 18 heavy (non-hydrogen) atoms. The van der Waals surface area contributed by atoms with Gasteiger partial charge in [-0.1, -0.05) is 29.3 Å². The molecule has 0 radical (unpaired) electrons. The fourth-order valence-corrected chi connectivity index (χ4v) is 2.45. The molecule has 0 aliphatic rings. The molecule has 0 aliphatic carbocycles. The largest absolute Gasteiger partial charge is 0.496 e. The maximum absolute atomic E-state index is 5.75. The summed E-state index contributed by atoms with van der Waals surface area (Å²) in [6.07, 6.45) is 1.12. The van der Waals surface area contributed by atoms with Gasteiger partial charge in [0.15, 0.2) is 0 Å². The van der Waals surface area contributed by atoms with Gasteiger partial charge in [0, 0.05) is 23.1 Å². The molecule has 102 valence electrons. The fourth-order valence-electron chi connectivity index (χ4n) is 2.04. The van der Waals surface area contributed by atoms with E-state index in [4.69, 9.17) is 10.5 Å². The van der Waals surface area contributed by atoms with Crippen molar-refractivity contribution in [2.75, 3.05) is 27.2 Å². The molecule has 0 saturated heterocycles. The number of nitrogens with zero attached hydrogens (tertiary/aromatic N) is 1. The standard InChI is InChI=1S/C14H23BrN2O/c1-4-11(8-16)9-17(2)10-12-7-13(15)5-6-14(12)18-3/h5-7,11H,4,8-10,16H2,1-3H3. The van der Waals surface area contributed by atoms with Crippen LogP contribution in [0.3, 0.4) is 0 Å². The van der Waals surface area contributed by atoms with Gasteiger partial charge in [0.1, 0.15) is 5.75 Å². The Balaban J connectivity index is 2.68. The molecule has 0 amide bonds. The predicted molar refractivity (Wildman–Crippen MR) is 79.9 cm³/mol. The average molecular weight is 315 g/mol. The zero-order valence-corrected chi connectivity index (χ0v) is 13.0. The van der Waals surface area contributed by atoms with Crippen molar-refractivity contribution in [3.05, 3.63) is 28.2 Å². The Hall–Kier alpha value is -0.580. The van der Waals surface area contributed by atoms with E-state index in [0.29, 0.717) is 5.92 Å². The van der Waals surface area contributed by atoms with Gasteiger partial charge in [-0.2, -0.15) is 0 Å². The molecule has 2 N–H and O–H groups in total. The molecular formula is C14H23BrN2O. The summed E-state index contributed by atoms with van der Waals surface area (Å²) in [6, 6.07) is 6.10. The van der Waals surface area contributed by atoms with E-state index in [0.717, 1.165) is 36.3 Å². The Morgan fingerprint density at radius 3 is 2.72 bits per heavy atom. The molecule has 1 rings (SSSR count). The van der Waals surface area contributed by atoms with Crippen LogP contribution in [0.15, 0.2) is 22.7 Å². The van der Waals surface area contributed by atoms with Crippen LogP contribution in [-0.2, 0) is 6.54 Å². The van der Waals surface area contributed by atoms with Crippen LogP contribution in [0, 0.1) is 5.92 Å². The van der Waals surface area contributed by atoms with E-state index in [1.54, 1.807) is 7.11 Å². The molecule has 4 heteroatoms. The van der Waals surface area contributed by atoms with Gasteiger partial charge in [-0.05, 0) is 37.7 Å². The minimum absolute atomic E-state index is 0.563. The summed E-state index contributed by atoms with van der Waals surface area (Å²) in [4.78, 5) is 2.30. The van der Waals surface area contributed by atoms with Crippen LogP contribution in [0.4, 0.5) is 0 Å². The van der Waals surface area contributed by atoms with Crippen molar-refractivity contribution in [3.8, 4) is 5.75 Å². The second kappa shape index (κ2) is 7.77. The number of hydrogen-bond donors (Lipinski definition) is 1. The summed E-state index contributed by atoms with van der Waals surface area (Å²) >= 11 is 3.50. The van der Waals surface area contributed by atoms with E-state index in [-0.39, 0.29) is 0 Å². The summed E-state index contributed by atoms with van der Waals surface area (Å²) in [5, 5.41) is 0. The van der Waals surface area contributed by atoms with Crippen molar-refractivity contribution in [2.45, 2.75) is 19.9 Å².